The summed E-state index contributed by atoms with van der Waals surface area (Å²) in [6.07, 6.45) is 0.0440. The quantitative estimate of drug-likeness (QED) is 0.628. The van der Waals surface area contributed by atoms with Crippen molar-refractivity contribution in [2.75, 3.05) is 13.8 Å². The summed E-state index contributed by atoms with van der Waals surface area (Å²) >= 11 is 0. The van der Waals surface area contributed by atoms with Crippen molar-refractivity contribution in [2.45, 2.75) is 29.9 Å². The Morgan fingerprint density at radius 2 is 2.18 bits per heavy atom. The molecule has 0 aliphatic carbocycles. The van der Waals surface area contributed by atoms with Gasteiger partial charge in [-0.15, -0.1) is 0 Å². The first-order valence-electron chi connectivity index (χ1n) is 3.55. The number of hydrogen-bond donors (Lipinski definition) is 0. The van der Waals surface area contributed by atoms with E-state index in [1.165, 1.54) is 0 Å². The molecule has 1 rings (SSSR count). The summed E-state index contributed by atoms with van der Waals surface area (Å²) in [6, 6.07) is 0. The predicted octanol–water partition coefficient (Wildman–Crippen LogP) is 2.51. The molecule has 1 heterocycles. The van der Waals surface area contributed by atoms with E-state index in [0.717, 1.165) is 0 Å². The minimum Gasteiger partial charge on any atom is -0.379 e. The Kier molecular flexibility index (Phi) is 3.11. The van der Waals surface area contributed by atoms with Crippen molar-refractivity contribution in [3.8, 4) is 0 Å². The van der Waals surface area contributed by atoms with Gasteiger partial charge in [0.2, 0.25) is 0 Å². The van der Waals surface area contributed by atoms with Gasteiger partial charge in [0.1, 0.15) is 6.67 Å². The number of rotatable bonds is 2. The summed E-state index contributed by atoms with van der Waals surface area (Å²) < 4.78 is 17.7. The summed E-state index contributed by atoms with van der Waals surface area (Å²) in [5.41, 5.74) is 0. The molecule has 1 aliphatic heterocycles. The van der Waals surface area contributed by atoms with Crippen LogP contribution in [0.25, 0.3) is 0 Å². The maximum atomic E-state index is 12.4. The Bertz CT molecular complexity index is 140. The zero-order chi connectivity index (χ0) is 8.48. The van der Waals surface area contributed by atoms with Gasteiger partial charge in [0.05, 0.1) is 11.4 Å². The van der Waals surface area contributed by atoms with Crippen LogP contribution < -0.4 is 0 Å². The summed E-state index contributed by atoms with van der Waals surface area (Å²) in [7, 11) is 4.97. The maximum absolute atomic E-state index is 12.4. The molecule has 1 aliphatic rings. The molecule has 0 bridgehead atoms. The SMILES string of the molecule is COC1C(CF)SSC1(C)C. The highest BCUT2D eigenvalue weighted by Gasteiger charge is 2.44. The van der Waals surface area contributed by atoms with E-state index in [9.17, 15) is 4.39 Å². The minimum absolute atomic E-state index is 0.0139. The van der Waals surface area contributed by atoms with Crippen molar-refractivity contribution < 1.29 is 9.13 Å². The third-order valence-electron chi connectivity index (χ3n) is 1.82. The molecule has 0 aromatic rings. The van der Waals surface area contributed by atoms with E-state index in [0.29, 0.717) is 0 Å². The Morgan fingerprint density at radius 1 is 1.55 bits per heavy atom. The molecule has 0 spiro atoms. The second-order valence-electron chi connectivity index (χ2n) is 3.13. The highest BCUT2D eigenvalue weighted by molar-refractivity contribution is 8.77. The normalized spacial score (nSPS) is 36.0. The van der Waals surface area contributed by atoms with Crippen LogP contribution in [0.3, 0.4) is 0 Å². The molecule has 2 atom stereocenters. The molecular weight excluding hydrogens is 183 g/mol. The zero-order valence-corrected chi connectivity index (χ0v) is 8.60. The molecule has 0 N–H and O–H groups in total. The number of hydrogen-bond acceptors (Lipinski definition) is 3. The summed E-state index contributed by atoms with van der Waals surface area (Å²) in [5.74, 6) is 0. The van der Waals surface area contributed by atoms with Crippen LogP contribution in [0.1, 0.15) is 13.8 Å². The van der Waals surface area contributed by atoms with Gasteiger partial charge in [-0.1, -0.05) is 21.6 Å². The van der Waals surface area contributed by atoms with Crippen LogP contribution in [0.5, 0.6) is 0 Å². The van der Waals surface area contributed by atoms with E-state index >= 15 is 0 Å². The van der Waals surface area contributed by atoms with Crippen LogP contribution in [0.15, 0.2) is 0 Å². The van der Waals surface area contributed by atoms with Crippen molar-refractivity contribution in [1.82, 2.24) is 0 Å². The van der Waals surface area contributed by atoms with Gasteiger partial charge in [0.15, 0.2) is 0 Å². The van der Waals surface area contributed by atoms with Crippen molar-refractivity contribution in [3.63, 3.8) is 0 Å². The topological polar surface area (TPSA) is 9.23 Å². The average molecular weight is 196 g/mol. The van der Waals surface area contributed by atoms with E-state index < -0.39 is 0 Å². The van der Waals surface area contributed by atoms with Crippen molar-refractivity contribution in [2.24, 2.45) is 0 Å². The first-order chi connectivity index (χ1) is 5.11. The van der Waals surface area contributed by atoms with Crippen molar-refractivity contribution >= 4 is 21.6 Å². The Hall–Kier alpha value is 0.590. The van der Waals surface area contributed by atoms with Crippen LogP contribution in [0.4, 0.5) is 4.39 Å². The highest BCUT2D eigenvalue weighted by Crippen LogP contribution is 2.51. The Balaban J connectivity index is 2.63. The minimum atomic E-state index is -0.292. The van der Waals surface area contributed by atoms with Gasteiger partial charge in [0.25, 0.3) is 0 Å². The van der Waals surface area contributed by atoms with E-state index in [2.05, 4.69) is 13.8 Å². The fraction of sp³-hybridized carbons (Fsp3) is 1.00. The van der Waals surface area contributed by atoms with E-state index in [4.69, 9.17) is 4.74 Å². The fourth-order valence-electron chi connectivity index (χ4n) is 1.27. The molecule has 1 nitrogen and oxygen atoms in total. The predicted molar refractivity (Wildman–Crippen MR) is 49.8 cm³/mol. The van der Waals surface area contributed by atoms with E-state index in [1.807, 2.05) is 0 Å². The maximum Gasteiger partial charge on any atom is 0.105 e. The van der Waals surface area contributed by atoms with Gasteiger partial charge < -0.3 is 4.74 Å². The lowest BCUT2D eigenvalue weighted by Gasteiger charge is -2.25. The summed E-state index contributed by atoms with van der Waals surface area (Å²) in [5, 5.41) is 0.0139. The van der Waals surface area contributed by atoms with Crippen molar-refractivity contribution in [1.29, 1.82) is 0 Å². The Morgan fingerprint density at radius 3 is 2.55 bits per heavy atom. The molecule has 0 aromatic carbocycles. The Labute approximate surface area is 74.8 Å². The van der Waals surface area contributed by atoms with Gasteiger partial charge >= 0.3 is 0 Å². The lowest BCUT2D eigenvalue weighted by Crippen LogP contribution is -2.37. The summed E-state index contributed by atoms with van der Waals surface area (Å²) in [4.78, 5) is 0. The standard InChI is InChI=1S/C7H13FOS2/c1-7(2)6(9-3)5(4-8)10-11-7/h5-6H,4H2,1-3H3. The molecule has 2 unspecified atom stereocenters. The van der Waals surface area contributed by atoms with Gasteiger partial charge in [-0.05, 0) is 13.8 Å². The number of ether oxygens (including phenoxy) is 1. The molecule has 1 saturated heterocycles. The highest BCUT2D eigenvalue weighted by atomic mass is 33.1. The van der Waals surface area contributed by atoms with Crippen molar-refractivity contribution in [3.05, 3.63) is 0 Å². The van der Waals surface area contributed by atoms with Gasteiger partial charge in [-0.25, -0.2) is 4.39 Å². The first kappa shape index (κ1) is 9.68. The van der Waals surface area contributed by atoms with Crippen LogP contribution in [-0.2, 0) is 4.74 Å². The summed E-state index contributed by atoms with van der Waals surface area (Å²) in [6.45, 7) is 3.89. The van der Waals surface area contributed by atoms with Gasteiger partial charge in [-0.3, -0.25) is 0 Å². The molecule has 0 radical (unpaired) electrons. The van der Waals surface area contributed by atoms with E-state index in [1.54, 1.807) is 28.7 Å². The lowest BCUT2D eigenvalue weighted by atomic mass is 10.0. The van der Waals surface area contributed by atoms with Gasteiger partial charge in [-0.2, -0.15) is 0 Å². The van der Waals surface area contributed by atoms with Crippen LogP contribution in [0.2, 0.25) is 0 Å². The number of halogens is 1. The molecule has 11 heavy (non-hydrogen) atoms. The lowest BCUT2D eigenvalue weighted by molar-refractivity contribution is 0.0737. The molecule has 0 saturated carbocycles. The first-order valence-corrected chi connectivity index (χ1v) is 5.76. The molecule has 66 valence electrons. The smallest absolute Gasteiger partial charge is 0.105 e. The average Bonchev–Trinajstić information content (AvgIpc) is 2.24. The number of alkyl halides is 1. The second-order valence-corrected chi connectivity index (χ2v) is 6.23. The van der Waals surface area contributed by atoms with Crippen LogP contribution in [-0.4, -0.2) is 29.9 Å². The monoisotopic (exact) mass is 196 g/mol. The van der Waals surface area contributed by atoms with Crippen LogP contribution >= 0.6 is 21.6 Å². The molecule has 1 fully saturated rings. The second kappa shape index (κ2) is 3.54. The number of methoxy groups -OCH3 is 1. The van der Waals surface area contributed by atoms with E-state index in [-0.39, 0.29) is 22.8 Å². The third kappa shape index (κ3) is 1.84. The molecule has 0 amide bonds. The third-order valence-corrected chi connectivity index (χ3v) is 5.51. The fourth-order valence-corrected chi connectivity index (χ4v) is 4.55. The molecule has 4 heteroatoms. The molecular formula is C7H13FOS2. The van der Waals surface area contributed by atoms with Crippen LogP contribution in [0, 0.1) is 0 Å². The molecule has 0 aromatic heterocycles. The van der Waals surface area contributed by atoms with Gasteiger partial charge in [0, 0.05) is 11.9 Å². The largest absolute Gasteiger partial charge is 0.379 e. The zero-order valence-electron chi connectivity index (χ0n) is 6.96.